The van der Waals surface area contributed by atoms with Gasteiger partial charge >= 0.3 is 5.69 Å². The Morgan fingerprint density at radius 1 is 1.55 bits per heavy atom. The van der Waals surface area contributed by atoms with Gasteiger partial charge in [-0.3, -0.25) is 14.9 Å². The monoisotopic (exact) mass is 282 g/mol. The lowest BCUT2D eigenvalue weighted by atomic mass is 9.99. The van der Waals surface area contributed by atoms with E-state index >= 15 is 0 Å². The van der Waals surface area contributed by atoms with Gasteiger partial charge < -0.3 is 15.2 Å². The molecule has 0 spiro atoms. The zero-order valence-corrected chi connectivity index (χ0v) is 11.7. The minimum atomic E-state index is -0.758. The molecule has 1 rings (SSSR count). The van der Waals surface area contributed by atoms with Crippen molar-refractivity contribution in [3.05, 3.63) is 33.9 Å². The normalized spacial score (nSPS) is 13.4. The predicted molar refractivity (Wildman–Crippen MR) is 72.9 cm³/mol. The van der Waals surface area contributed by atoms with Crippen molar-refractivity contribution in [3.8, 4) is 5.75 Å². The lowest BCUT2D eigenvalue weighted by Gasteiger charge is -2.27. The van der Waals surface area contributed by atoms with Crippen molar-refractivity contribution in [2.24, 2.45) is 0 Å². The number of ether oxygens (including phenoxy) is 1. The van der Waals surface area contributed by atoms with Crippen LogP contribution in [0, 0.1) is 10.1 Å². The minimum Gasteiger partial charge on any atom is -0.490 e. The number of carbonyl (C=O) groups is 1. The Balaban J connectivity index is 3.06. The Kier molecular flexibility index (Phi) is 5.04. The average molecular weight is 282 g/mol. The van der Waals surface area contributed by atoms with Crippen LogP contribution in [0.25, 0.3) is 0 Å². The fraction of sp³-hybridized carbons (Fsp3) is 0.462. The number of benzene rings is 1. The number of aliphatic hydroxyl groups excluding tert-OH is 1. The molecule has 1 amide bonds. The zero-order chi connectivity index (χ0) is 15.3. The van der Waals surface area contributed by atoms with Crippen LogP contribution < -0.4 is 10.1 Å². The van der Waals surface area contributed by atoms with Crippen LogP contribution in [-0.4, -0.2) is 35.2 Å². The summed E-state index contributed by atoms with van der Waals surface area (Å²) in [7, 11) is 1.32. The highest BCUT2D eigenvalue weighted by Crippen LogP contribution is 2.27. The van der Waals surface area contributed by atoms with Gasteiger partial charge in [-0.1, -0.05) is 6.92 Å². The molecule has 0 fully saturated rings. The number of carbonyl (C=O) groups excluding carboxylic acids is 1. The molecule has 0 aliphatic rings. The second-order valence-electron chi connectivity index (χ2n) is 4.67. The molecule has 1 unspecified atom stereocenters. The van der Waals surface area contributed by atoms with Crippen LogP contribution in [0.2, 0.25) is 0 Å². The average Bonchev–Trinajstić information content (AvgIpc) is 2.46. The number of hydrogen-bond acceptors (Lipinski definition) is 5. The van der Waals surface area contributed by atoms with Gasteiger partial charge in [0.15, 0.2) is 5.75 Å². The summed E-state index contributed by atoms with van der Waals surface area (Å²) in [5.41, 5.74) is -0.890. The highest BCUT2D eigenvalue weighted by atomic mass is 16.6. The van der Waals surface area contributed by atoms with Crippen LogP contribution in [0.4, 0.5) is 5.69 Å². The van der Waals surface area contributed by atoms with Gasteiger partial charge in [-0.15, -0.1) is 0 Å². The summed E-state index contributed by atoms with van der Waals surface area (Å²) in [4.78, 5) is 22.4. The molecule has 20 heavy (non-hydrogen) atoms. The van der Waals surface area contributed by atoms with Crippen molar-refractivity contribution >= 4 is 11.6 Å². The third-order valence-electron chi connectivity index (χ3n) is 3.18. The fourth-order valence-corrected chi connectivity index (χ4v) is 1.56. The van der Waals surface area contributed by atoms with E-state index in [2.05, 4.69) is 5.32 Å². The molecule has 1 atom stereocenters. The first-order chi connectivity index (χ1) is 9.36. The minimum absolute atomic E-state index is 0.0898. The summed E-state index contributed by atoms with van der Waals surface area (Å²) in [5, 5.41) is 22.8. The number of rotatable bonds is 6. The number of methoxy groups -OCH3 is 1. The van der Waals surface area contributed by atoms with Crippen molar-refractivity contribution in [1.29, 1.82) is 0 Å². The van der Waals surface area contributed by atoms with Gasteiger partial charge in [-0.2, -0.15) is 0 Å². The molecule has 0 aromatic heterocycles. The maximum absolute atomic E-state index is 12.1. The number of nitro benzene ring substituents is 1. The van der Waals surface area contributed by atoms with Gasteiger partial charge in [0, 0.05) is 11.6 Å². The van der Waals surface area contributed by atoms with Gasteiger partial charge in [-0.25, -0.2) is 0 Å². The van der Waals surface area contributed by atoms with E-state index in [1.807, 2.05) is 6.92 Å². The first-order valence-electron chi connectivity index (χ1n) is 6.12. The number of amides is 1. The predicted octanol–water partition coefficient (Wildman–Crippen LogP) is 1.49. The summed E-state index contributed by atoms with van der Waals surface area (Å²) < 4.78 is 4.87. The Bertz CT molecular complexity index is 511. The summed E-state index contributed by atoms with van der Waals surface area (Å²) in [6.45, 7) is 3.31. The Morgan fingerprint density at radius 2 is 2.20 bits per heavy atom. The van der Waals surface area contributed by atoms with Crippen molar-refractivity contribution in [2.45, 2.75) is 25.8 Å². The van der Waals surface area contributed by atoms with E-state index < -0.39 is 16.4 Å². The van der Waals surface area contributed by atoms with Crippen LogP contribution in [0.3, 0.4) is 0 Å². The quantitative estimate of drug-likeness (QED) is 0.608. The molecule has 2 N–H and O–H groups in total. The Hall–Kier alpha value is -2.15. The highest BCUT2D eigenvalue weighted by Gasteiger charge is 2.25. The van der Waals surface area contributed by atoms with Crippen molar-refractivity contribution in [2.75, 3.05) is 13.7 Å². The van der Waals surface area contributed by atoms with Crippen molar-refractivity contribution in [3.63, 3.8) is 0 Å². The number of nitro groups is 1. The van der Waals surface area contributed by atoms with Crippen LogP contribution in [0.5, 0.6) is 5.75 Å². The fourth-order valence-electron chi connectivity index (χ4n) is 1.56. The van der Waals surface area contributed by atoms with Crippen molar-refractivity contribution in [1.82, 2.24) is 5.32 Å². The summed E-state index contributed by atoms with van der Waals surface area (Å²) in [6.07, 6.45) is 0.535. The first kappa shape index (κ1) is 15.9. The zero-order valence-electron chi connectivity index (χ0n) is 11.7. The van der Waals surface area contributed by atoms with Crippen LogP contribution >= 0.6 is 0 Å². The summed E-state index contributed by atoms with van der Waals surface area (Å²) >= 11 is 0. The van der Waals surface area contributed by atoms with Crippen LogP contribution in [-0.2, 0) is 0 Å². The third-order valence-corrected chi connectivity index (χ3v) is 3.18. The number of hydrogen-bond donors (Lipinski definition) is 2. The van der Waals surface area contributed by atoms with E-state index in [9.17, 15) is 20.0 Å². The second kappa shape index (κ2) is 6.33. The molecular weight excluding hydrogens is 264 g/mol. The molecule has 0 heterocycles. The molecule has 0 radical (unpaired) electrons. The van der Waals surface area contributed by atoms with E-state index in [-0.39, 0.29) is 23.6 Å². The van der Waals surface area contributed by atoms with E-state index in [0.717, 1.165) is 6.07 Å². The second-order valence-corrected chi connectivity index (χ2v) is 4.67. The molecule has 0 aliphatic carbocycles. The van der Waals surface area contributed by atoms with Gasteiger partial charge in [0.1, 0.15) is 0 Å². The highest BCUT2D eigenvalue weighted by molar-refractivity contribution is 5.95. The molecular formula is C13H18N2O5. The van der Waals surface area contributed by atoms with Crippen LogP contribution in [0.1, 0.15) is 30.6 Å². The molecule has 1 aromatic rings. The molecule has 7 heteroatoms. The number of nitrogens with one attached hydrogen (secondary N) is 1. The van der Waals surface area contributed by atoms with E-state index in [4.69, 9.17) is 4.74 Å². The number of aliphatic hydroxyl groups is 1. The third kappa shape index (κ3) is 3.45. The first-order valence-corrected chi connectivity index (χ1v) is 6.12. The van der Waals surface area contributed by atoms with Gasteiger partial charge in [0.2, 0.25) is 0 Å². The molecule has 0 saturated heterocycles. The lowest BCUT2D eigenvalue weighted by molar-refractivity contribution is -0.385. The lowest BCUT2D eigenvalue weighted by Crippen LogP contribution is -2.48. The topological polar surface area (TPSA) is 102 Å². The van der Waals surface area contributed by atoms with Crippen molar-refractivity contribution < 1.29 is 19.6 Å². The van der Waals surface area contributed by atoms with Gasteiger partial charge in [-0.05, 0) is 25.5 Å². The molecule has 0 aliphatic heterocycles. The number of nitrogens with zero attached hydrogens (tertiary/aromatic N) is 1. The Labute approximate surface area is 116 Å². The summed E-state index contributed by atoms with van der Waals surface area (Å²) in [6, 6.07) is 3.96. The van der Waals surface area contributed by atoms with E-state index in [0.29, 0.717) is 6.42 Å². The molecule has 110 valence electrons. The molecule has 1 aromatic carbocycles. The molecule has 7 nitrogen and oxygen atoms in total. The summed E-state index contributed by atoms with van der Waals surface area (Å²) in [5.74, 6) is -0.388. The standard InChI is InChI=1S/C13H18N2O5/c1-4-13(2,8-16)14-12(17)9-5-6-11(20-3)10(7-9)15(18)19/h5-7,16H,4,8H2,1-3H3,(H,14,17). The van der Waals surface area contributed by atoms with E-state index in [1.165, 1.54) is 19.2 Å². The van der Waals surface area contributed by atoms with Crippen LogP contribution in [0.15, 0.2) is 18.2 Å². The smallest absolute Gasteiger partial charge is 0.311 e. The Morgan fingerprint density at radius 3 is 2.65 bits per heavy atom. The van der Waals surface area contributed by atoms with Gasteiger partial charge in [0.25, 0.3) is 5.91 Å². The SMILES string of the molecule is CCC(C)(CO)NC(=O)c1ccc(OC)c([N+](=O)[O-])c1. The van der Waals surface area contributed by atoms with Gasteiger partial charge in [0.05, 0.1) is 24.2 Å². The molecule has 0 saturated carbocycles. The maximum Gasteiger partial charge on any atom is 0.311 e. The maximum atomic E-state index is 12.1. The van der Waals surface area contributed by atoms with E-state index in [1.54, 1.807) is 6.92 Å². The molecule has 0 bridgehead atoms. The largest absolute Gasteiger partial charge is 0.490 e.